The van der Waals surface area contributed by atoms with Crippen molar-refractivity contribution < 1.29 is 9.84 Å². The third-order valence-electron chi connectivity index (χ3n) is 2.88. The van der Waals surface area contributed by atoms with Gasteiger partial charge in [0.05, 0.1) is 0 Å². The Morgan fingerprint density at radius 3 is 3.26 bits per heavy atom. The molecular weight excluding hydrogens is 317 g/mol. The van der Waals surface area contributed by atoms with Crippen LogP contribution in [0.5, 0.6) is 0 Å². The van der Waals surface area contributed by atoms with Crippen LogP contribution >= 0.6 is 0 Å². The van der Waals surface area contributed by atoms with Gasteiger partial charge in [0.15, 0.2) is 0 Å². The average Bonchev–Trinajstić information content (AvgIpc) is 2.82. The minimum atomic E-state index is -0.360. The van der Waals surface area contributed by atoms with E-state index in [4.69, 9.17) is 10.5 Å². The number of aliphatic hydroxyl groups is 1. The summed E-state index contributed by atoms with van der Waals surface area (Å²) in [4.78, 5) is 22.3. The molecule has 1 aliphatic heterocycles. The maximum absolute atomic E-state index is 11.7. The molecule has 102 valence electrons. The Kier molecular flexibility index (Phi) is 3.27. The molecule has 19 heavy (non-hydrogen) atoms. The monoisotopic (exact) mass is 331 g/mol. The van der Waals surface area contributed by atoms with Crippen molar-refractivity contribution >= 4 is 32.1 Å². The molecule has 0 spiro atoms. The molecule has 0 radical (unpaired) electrons. The fourth-order valence-electron chi connectivity index (χ4n) is 2.00. The van der Waals surface area contributed by atoms with Crippen LogP contribution in [0.3, 0.4) is 0 Å². The van der Waals surface area contributed by atoms with Crippen molar-refractivity contribution in [3.8, 4) is 0 Å². The topological polar surface area (TPSA) is 119 Å². The van der Waals surface area contributed by atoms with Gasteiger partial charge in [-0.25, -0.2) is 0 Å². The van der Waals surface area contributed by atoms with E-state index in [9.17, 15) is 9.90 Å². The summed E-state index contributed by atoms with van der Waals surface area (Å²) in [6.45, 7) is 0.00102. The summed E-state index contributed by atoms with van der Waals surface area (Å²) in [7, 11) is 0. The summed E-state index contributed by atoms with van der Waals surface area (Å²) >= 11 is 0.389. The van der Waals surface area contributed by atoms with Gasteiger partial charge in [-0.1, -0.05) is 0 Å². The molecule has 0 aliphatic carbocycles. The van der Waals surface area contributed by atoms with E-state index in [0.717, 1.165) is 10.6 Å². The Balaban J connectivity index is 2.03. The quantitative estimate of drug-likeness (QED) is 0.616. The molecule has 0 aromatic carbocycles. The average molecular weight is 330 g/mol. The fraction of sp³-hybridized carbons (Fsp3) is 0.500. The summed E-state index contributed by atoms with van der Waals surface area (Å²) in [6, 6.07) is 0. The van der Waals surface area contributed by atoms with Crippen molar-refractivity contribution in [3.63, 3.8) is 0 Å². The summed E-state index contributed by atoms with van der Waals surface area (Å²) in [6.07, 6.45) is 1.13. The van der Waals surface area contributed by atoms with Gasteiger partial charge in [0.2, 0.25) is 0 Å². The van der Waals surface area contributed by atoms with Gasteiger partial charge in [0, 0.05) is 0 Å². The first-order chi connectivity index (χ1) is 9.19. The zero-order valence-corrected chi connectivity index (χ0v) is 11.7. The van der Waals surface area contributed by atoms with Gasteiger partial charge in [-0.3, -0.25) is 0 Å². The van der Waals surface area contributed by atoms with E-state index in [1.54, 1.807) is 4.57 Å². The number of anilines is 1. The first kappa shape index (κ1) is 12.6. The predicted molar refractivity (Wildman–Crippen MR) is 68.9 cm³/mol. The van der Waals surface area contributed by atoms with Gasteiger partial charge in [0.1, 0.15) is 0 Å². The number of ether oxygens (including phenoxy) is 1. The number of nitrogens with two attached hydrogens (primary N) is 1. The molecule has 1 saturated heterocycles. The molecule has 4 N–H and O–H groups in total. The van der Waals surface area contributed by atoms with E-state index < -0.39 is 0 Å². The van der Waals surface area contributed by atoms with Crippen molar-refractivity contribution in [2.24, 2.45) is 0 Å². The van der Waals surface area contributed by atoms with E-state index in [0.29, 0.717) is 20.6 Å². The number of aromatic amines is 1. The van der Waals surface area contributed by atoms with E-state index in [1.807, 2.05) is 0 Å². The van der Waals surface area contributed by atoms with Gasteiger partial charge < -0.3 is 0 Å². The van der Waals surface area contributed by atoms with Crippen LogP contribution in [0.4, 0.5) is 5.95 Å². The number of nitrogens with zero attached hydrogens (tertiary/aromatic N) is 3. The van der Waals surface area contributed by atoms with Gasteiger partial charge in [-0.2, -0.15) is 0 Å². The van der Waals surface area contributed by atoms with Gasteiger partial charge in [-0.05, 0) is 0 Å². The Morgan fingerprint density at radius 2 is 2.47 bits per heavy atom. The second-order valence-electron chi connectivity index (χ2n) is 4.21. The molecule has 3 rings (SSSR count). The number of H-pyrrole nitrogens is 1. The van der Waals surface area contributed by atoms with Crippen LogP contribution in [0.15, 0.2) is 11.1 Å². The van der Waals surface area contributed by atoms with Crippen molar-refractivity contribution in [3.05, 3.63) is 16.7 Å². The molecule has 2 aromatic heterocycles. The molecular formula is C10H13N5O3Se. The number of hydrogen-bond donors (Lipinski definition) is 3. The summed E-state index contributed by atoms with van der Waals surface area (Å²) in [5.74, 6) is 0.0549. The molecule has 0 saturated carbocycles. The molecule has 0 bridgehead atoms. The zero-order valence-electron chi connectivity index (χ0n) is 9.94. The van der Waals surface area contributed by atoms with Crippen LogP contribution in [0.2, 0.25) is 10.6 Å². The molecule has 3 heterocycles. The SMILES string of the molecule is Nc1nc2c(ncn2[C@H]2C[Se]C[C@@H](CO)O2)c(=O)[nH]1. The fourth-order valence-corrected chi connectivity index (χ4v) is 4.14. The second-order valence-corrected chi connectivity index (χ2v) is 6.46. The molecule has 2 atom stereocenters. The Hall–Kier alpha value is -1.41. The second kappa shape index (κ2) is 4.93. The van der Waals surface area contributed by atoms with Crippen molar-refractivity contribution in [2.75, 3.05) is 12.3 Å². The normalized spacial score (nSPS) is 23.8. The van der Waals surface area contributed by atoms with E-state index in [-0.39, 0.29) is 36.0 Å². The Labute approximate surface area is 114 Å². The first-order valence-electron chi connectivity index (χ1n) is 5.75. The summed E-state index contributed by atoms with van der Waals surface area (Å²) in [5.41, 5.74) is 5.86. The van der Waals surface area contributed by atoms with Crippen molar-refractivity contribution in [2.45, 2.75) is 23.0 Å². The number of fused-ring (bicyclic) bond motifs is 1. The number of hydrogen-bond acceptors (Lipinski definition) is 6. The van der Waals surface area contributed by atoms with Crippen LogP contribution in [0.1, 0.15) is 6.23 Å². The summed E-state index contributed by atoms with van der Waals surface area (Å²) < 4.78 is 7.48. The molecule has 1 aliphatic rings. The number of aromatic nitrogens is 4. The Bertz CT molecular complexity index is 654. The number of nitrogens with one attached hydrogen (secondary N) is 1. The number of imidazole rings is 1. The number of aliphatic hydroxyl groups excluding tert-OH is 1. The van der Waals surface area contributed by atoms with Crippen LogP contribution < -0.4 is 11.3 Å². The summed E-state index contributed by atoms with van der Waals surface area (Å²) in [5, 5.41) is 10.9. The van der Waals surface area contributed by atoms with E-state index >= 15 is 0 Å². The molecule has 9 heteroatoms. The number of rotatable bonds is 2. The predicted octanol–water partition coefficient (Wildman–Crippen LogP) is -0.868. The molecule has 0 unspecified atom stereocenters. The molecule has 8 nitrogen and oxygen atoms in total. The Morgan fingerprint density at radius 1 is 1.63 bits per heavy atom. The van der Waals surface area contributed by atoms with E-state index in [1.165, 1.54) is 6.33 Å². The number of nitrogen functional groups attached to an aromatic ring is 1. The molecule has 2 aromatic rings. The maximum atomic E-state index is 11.7. The van der Waals surface area contributed by atoms with Gasteiger partial charge >= 0.3 is 113 Å². The van der Waals surface area contributed by atoms with Gasteiger partial charge in [-0.15, -0.1) is 0 Å². The third kappa shape index (κ3) is 2.25. The standard InChI is InChI=1S/C10H13N5O3Se/c11-10-13-8-7(9(17)14-10)12-4-15(8)6-3-19-2-5(1-16)18-6/h4-6,16H,1-3H2,(H3,11,13,14,17)/t5-,6-/m1/s1. The van der Waals surface area contributed by atoms with Gasteiger partial charge in [0.25, 0.3) is 0 Å². The minimum absolute atomic E-state index is 0.00102. The van der Waals surface area contributed by atoms with E-state index in [2.05, 4.69) is 15.0 Å². The first-order valence-corrected chi connectivity index (χ1v) is 8.17. The van der Waals surface area contributed by atoms with Crippen molar-refractivity contribution in [1.29, 1.82) is 0 Å². The molecule has 1 fully saturated rings. The van der Waals surface area contributed by atoms with Crippen LogP contribution in [0.25, 0.3) is 11.2 Å². The molecule has 0 amide bonds. The van der Waals surface area contributed by atoms with Crippen LogP contribution in [-0.4, -0.2) is 52.3 Å². The third-order valence-corrected chi connectivity index (χ3v) is 5.25. The van der Waals surface area contributed by atoms with Crippen molar-refractivity contribution in [1.82, 2.24) is 19.5 Å². The zero-order chi connectivity index (χ0) is 13.4. The van der Waals surface area contributed by atoms with Crippen LogP contribution in [-0.2, 0) is 4.74 Å². The van der Waals surface area contributed by atoms with Crippen LogP contribution in [0, 0.1) is 0 Å².